The van der Waals surface area contributed by atoms with Crippen molar-refractivity contribution in [3.63, 3.8) is 0 Å². The maximum Gasteiger partial charge on any atom is 0.227 e. The fourth-order valence-corrected chi connectivity index (χ4v) is 3.06. The molecule has 1 aliphatic rings. The number of imidazole rings is 1. The van der Waals surface area contributed by atoms with E-state index in [0.29, 0.717) is 6.54 Å². The topological polar surface area (TPSA) is 67.2 Å². The lowest BCUT2D eigenvalue weighted by atomic mass is 10.1. The van der Waals surface area contributed by atoms with Gasteiger partial charge in [-0.1, -0.05) is 6.07 Å². The Morgan fingerprint density at radius 1 is 1.48 bits per heavy atom. The first kappa shape index (κ1) is 17.1. The van der Waals surface area contributed by atoms with Crippen molar-refractivity contribution in [2.45, 2.75) is 32.9 Å². The van der Waals surface area contributed by atoms with Crippen molar-refractivity contribution < 1.29 is 14.0 Å². The van der Waals surface area contributed by atoms with Gasteiger partial charge in [-0.2, -0.15) is 0 Å². The number of nitrogens with zero attached hydrogens (tertiary/aromatic N) is 3. The number of halogens is 1. The zero-order valence-corrected chi connectivity index (χ0v) is 14.3. The number of hydrogen-bond donors (Lipinski definition) is 1. The SMILES string of the molecule is Cc1ccc(N2C[C@H](C(=O)N[C@@H](C)Cn3ccnc3)CC2=O)c(F)c1. The van der Waals surface area contributed by atoms with Gasteiger partial charge in [0.2, 0.25) is 11.8 Å². The van der Waals surface area contributed by atoms with E-state index in [1.807, 2.05) is 17.7 Å². The average Bonchev–Trinajstić information content (AvgIpc) is 3.17. The number of aryl methyl sites for hydroxylation is 1. The van der Waals surface area contributed by atoms with Crippen molar-refractivity contribution in [1.82, 2.24) is 14.9 Å². The van der Waals surface area contributed by atoms with Gasteiger partial charge in [0, 0.05) is 37.9 Å². The number of hydrogen-bond acceptors (Lipinski definition) is 3. The molecule has 0 aliphatic carbocycles. The molecule has 1 aromatic carbocycles. The number of aromatic nitrogens is 2. The van der Waals surface area contributed by atoms with Crippen LogP contribution in [0.2, 0.25) is 0 Å². The summed E-state index contributed by atoms with van der Waals surface area (Å²) < 4.78 is 16.0. The van der Waals surface area contributed by atoms with Gasteiger partial charge < -0.3 is 14.8 Å². The van der Waals surface area contributed by atoms with E-state index in [0.717, 1.165) is 5.56 Å². The molecule has 0 spiro atoms. The van der Waals surface area contributed by atoms with Crippen LogP contribution in [-0.4, -0.2) is 34.0 Å². The van der Waals surface area contributed by atoms with Gasteiger partial charge in [-0.15, -0.1) is 0 Å². The van der Waals surface area contributed by atoms with E-state index >= 15 is 0 Å². The Labute approximate surface area is 145 Å². The molecule has 0 bridgehead atoms. The molecule has 6 nitrogen and oxygen atoms in total. The van der Waals surface area contributed by atoms with Gasteiger partial charge in [-0.3, -0.25) is 9.59 Å². The molecule has 2 aromatic rings. The number of nitrogens with one attached hydrogen (secondary N) is 1. The minimum Gasteiger partial charge on any atom is -0.352 e. The smallest absolute Gasteiger partial charge is 0.227 e. The molecule has 2 amide bonds. The van der Waals surface area contributed by atoms with Gasteiger partial charge in [0.15, 0.2) is 0 Å². The van der Waals surface area contributed by atoms with Crippen molar-refractivity contribution >= 4 is 17.5 Å². The molecule has 7 heteroatoms. The maximum absolute atomic E-state index is 14.1. The molecule has 3 rings (SSSR count). The highest BCUT2D eigenvalue weighted by Gasteiger charge is 2.36. The number of amides is 2. The highest BCUT2D eigenvalue weighted by Crippen LogP contribution is 2.28. The summed E-state index contributed by atoms with van der Waals surface area (Å²) in [5, 5.41) is 2.92. The van der Waals surface area contributed by atoms with Crippen molar-refractivity contribution in [1.29, 1.82) is 0 Å². The maximum atomic E-state index is 14.1. The molecular weight excluding hydrogens is 323 g/mol. The predicted octanol–water partition coefficient (Wildman–Crippen LogP) is 1.89. The molecule has 1 N–H and O–H groups in total. The van der Waals surface area contributed by atoms with E-state index < -0.39 is 11.7 Å². The lowest BCUT2D eigenvalue weighted by Gasteiger charge is -2.19. The summed E-state index contributed by atoms with van der Waals surface area (Å²) in [6.45, 7) is 4.48. The number of carbonyl (C=O) groups excluding carboxylic acids is 2. The second kappa shape index (κ2) is 7.04. The second-order valence-electron chi connectivity index (χ2n) is 6.53. The molecule has 0 unspecified atom stereocenters. The first-order chi connectivity index (χ1) is 11.9. The fraction of sp³-hybridized carbons (Fsp3) is 0.389. The highest BCUT2D eigenvalue weighted by molar-refractivity contribution is 6.00. The van der Waals surface area contributed by atoms with Crippen LogP contribution in [0.1, 0.15) is 18.9 Å². The van der Waals surface area contributed by atoms with Gasteiger partial charge in [0.05, 0.1) is 17.9 Å². The second-order valence-corrected chi connectivity index (χ2v) is 6.53. The van der Waals surface area contributed by atoms with Gasteiger partial charge >= 0.3 is 0 Å². The van der Waals surface area contributed by atoms with Crippen molar-refractivity contribution in [2.75, 3.05) is 11.4 Å². The van der Waals surface area contributed by atoms with Crippen LogP contribution in [0.15, 0.2) is 36.9 Å². The van der Waals surface area contributed by atoms with Crippen LogP contribution in [-0.2, 0) is 16.1 Å². The average molecular weight is 344 g/mol. The molecule has 0 radical (unpaired) electrons. The van der Waals surface area contributed by atoms with Gasteiger partial charge in [-0.25, -0.2) is 9.37 Å². The van der Waals surface area contributed by atoms with E-state index in [1.54, 1.807) is 31.6 Å². The van der Waals surface area contributed by atoms with E-state index in [2.05, 4.69) is 10.3 Å². The van der Waals surface area contributed by atoms with Crippen LogP contribution in [0.4, 0.5) is 10.1 Å². The zero-order valence-electron chi connectivity index (χ0n) is 14.3. The Bertz CT molecular complexity index is 775. The van der Waals surface area contributed by atoms with Gasteiger partial charge in [0.25, 0.3) is 0 Å². The summed E-state index contributed by atoms with van der Waals surface area (Å²) in [6, 6.07) is 4.64. The number of benzene rings is 1. The van der Waals surface area contributed by atoms with Crippen LogP contribution in [0, 0.1) is 18.7 Å². The van der Waals surface area contributed by atoms with Crippen LogP contribution in [0.5, 0.6) is 0 Å². The van der Waals surface area contributed by atoms with Gasteiger partial charge in [0.1, 0.15) is 5.82 Å². The van der Waals surface area contributed by atoms with E-state index in [4.69, 9.17) is 0 Å². The van der Waals surface area contributed by atoms with Gasteiger partial charge in [-0.05, 0) is 31.5 Å². The third-order valence-corrected chi connectivity index (χ3v) is 4.32. The van der Waals surface area contributed by atoms with Crippen molar-refractivity contribution in [3.8, 4) is 0 Å². The summed E-state index contributed by atoms with van der Waals surface area (Å²) in [7, 11) is 0. The molecule has 1 aromatic heterocycles. The molecule has 1 aliphatic heterocycles. The Morgan fingerprint density at radius 2 is 2.28 bits per heavy atom. The van der Waals surface area contributed by atoms with Crippen molar-refractivity contribution in [2.24, 2.45) is 5.92 Å². The number of carbonyl (C=O) groups is 2. The molecule has 25 heavy (non-hydrogen) atoms. The summed E-state index contributed by atoms with van der Waals surface area (Å²) in [5.74, 6) is -1.33. The minimum absolute atomic E-state index is 0.0942. The Kier molecular flexibility index (Phi) is 4.83. The zero-order chi connectivity index (χ0) is 18.0. The molecule has 0 saturated carbocycles. The standard InChI is InChI=1S/C18H21FN4O2/c1-12-3-4-16(15(19)7-12)23-10-14(8-17(23)24)18(25)21-13(2)9-22-6-5-20-11-22/h3-7,11,13-14H,8-10H2,1-2H3,(H,21,25)/t13-,14+/m0/s1. The molecule has 1 fully saturated rings. The summed E-state index contributed by atoms with van der Waals surface area (Å²) in [6.07, 6.45) is 5.28. The largest absolute Gasteiger partial charge is 0.352 e. The van der Waals surface area contributed by atoms with Crippen LogP contribution in [0.25, 0.3) is 0 Å². The Hall–Kier alpha value is -2.70. The molecule has 2 atom stereocenters. The van der Waals surface area contributed by atoms with Crippen LogP contribution >= 0.6 is 0 Å². The molecule has 132 valence electrons. The Morgan fingerprint density at radius 3 is 2.96 bits per heavy atom. The third kappa shape index (κ3) is 3.87. The minimum atomic E-state index is -0.474. The monoisotopic (exact) mass is 344 g/mol. The third-order valence-electron chi connectivity index (χ3n) is 4.32. The van der Waals surface area contributed by atoms with E-state index in [1.165, 1.54) is 11.0 Å². The summed E-state index contributed by atoms with van der Waals surface area (Å²) >= 11 is 0. The Balaban J connectivity index is 1.62. The fourth-order valence-electron chi connectivity index (χ4n) is 3.06. The number of anilines is 1. The normalized spacial score (nSPS) is 18.4. The van der Waals surface area contributed by atoms with Crippen LogP contribution < -0.4 is 10.2 Å². The quantitative estimate of drug-likeness (QED) is 0.901. The van der Waals surface area contributed by atoms with E-state index in [-0.39, 0.29) is 36.5 Å². The van der Waals surface area contributed by atoms with Crippen LogP contribution in [0.3, 0.4) is 0 Å². The van der Waals surface area contributed by atoms with E-state index in [9.17, 15) is 14.0 Å². The molecule has 1 saturated heterocycles. The predicted molar refractivity (Wildman–Crippen MR) is 91.4 cm³/mol. The first-order valence-electron chi connectivity index (χ1n) is 8.26. The summed E-state index contributed by atoms with van der Waals surface area (Å²) in [5.41, 5.74) is 1.02. The summed E-state index contributed by atoms with van der Waals surface area (Å²) in [4.78, 5) is 30.0. The highest BCUT2D eigenvalue weighted by atomic mass is 19.1. The molecular formula is C18H21FN4O2. The lowest BCUT2D eigenvalue weighted by Crippen LogP contribution is -2.40. The first-order valence-corrected chi connectivity index (χ1v) is 8.26. The number of rotatable bonds is 5. The molecule has 2 heterocycles. The lowest BCUT2D eigenvalue weighted by molar-refractivity contribution is -0.126. The van der Waals surface area contributed by atoms with Crippen molar-refractivity contribution in [3.05, 3.63) is 48.3 Å².